The van der Waals surface area contributed by atoms with Crippen molar-refractivity contribution in [2.45, 2.75) is 39.7 Å². The lowest BCUT2D eigenvalue weighted by Crippen LogP contribution is -2.38. The van der Waals surface area contributed by atoms with Gasteiger partial charge < -0.3 is 19.5 Å². The summed E-state index contributed by atoms with van der Waals surface area (Å²) < 4.78 is 24.9. The quantitative estimate of drug-likeness (QED) is 0.365. The molecule has 1 N–H and O–H groups in total. The molecule has 3 aromatic carbocycles. The molecular formula is C31H32FNO6. The van der Waals surface area contributed by atoms with E-state index in [1.54, 1.807) is 24.3 Å². The number of nitrogens with zero attached hydrogens (tertiary/aromatic N) is 1. The monoisotopic (exact) mass is 533 g/mol. The van der Waals surface area contributed by atoms with Gasteiger partial charge in [0.25, 0.3) is 0 Å². The number of para-hydroxylation sites is 1. The standard InChI is InChI=1S/C31H32FNO6/c1-19-14-21(15-20(2)28(19)39-31(3,4)29(35)36)16-23-17-33(30(37)38-25-8-6-5-7-9-25)18-26(23)27(34)22-10-12-24(32)13-11-22/h5-15,23,26H,16-18H2,1-4H3,(H,35,36)/t23-,26?/m0/s1. The van der Waals surface area contributed by atoms with E-state index >= 15 is 0 Å². The summed E-state index contributed by atoms with van der Waals surface area (Å²) in [6.07, 6.45) is -0.0376. The molecule has 0 aromatic heterocycles. The Morgan fingerprint density at radius 1 is 0.974 bits per heavy atom. The Kier molecular flexibility index (Phi) is 8.04. The number of rotatable bonds is 8. The zero-order valence-corrected chi connectivity index (χ0v) is 22.4. The fourth-order valence-corrected chi connectivity index (χ4v) is 4.93. The fraction of sp³-hybridized carbons (Fsp3) is 0.323. The Bertz CT molecular complexity index is 1350. The Labute approximate surface area is 227 Å². The number of halogens is 1. The minimum atomic E-state index is -1.39. The number of aryl methyl sites for hydroxylation is 2. The summed E-state index contributed by atoms with van der Waals surface area (Å²) in [5, 5.41) is 9.46. The van der Waals surface area contributed by atoms with Gasteiger partial charge in [0.15, 0.2) is 11.4 Å². The Hall–Kier alpha value is -4.20. The highest BCUT2D eigenvalue weighted by Gasteiger charge is 2.40. The first-order valence-corrected chi connectivity index (χ1v) is 12.8. The van der Waals surface area contributed by atoms with E-state index in [1.807, 2.05) is 32.0 Å². The molecule has 3 aromatic rings. The maximum Gasteiger partial charge on any atom is 0.415 e. The molecule has 0 spiro atoms. The van der Waals surface area contributed by atoms with Crippen LogP contribution in [0, 0.1) is 31.5 Å². The molecule has 1 heterocycles. The van der Waals surface area contributed by atoms with Crippen molar-refractivity contribution < 1.29 is 33.4 Å². The van der Waals surface area contributed by atoms with Gasteiger partial charge in [-0.15, -0.1) is 0 Å². The van der Waals surface area contributed by atoms with Crippen LogP contribution in [0.3, 0.4) is 0 Å². The molecular weight excluding hydrogens is 501 g/mol. The molecule has 1 aliphatic rings. The van der Waals surface area contributed by atoms with Crippen LogP contribution in [0.4, 0.5) is 9.18 Å². The van der Waals surface area contributed by atoms with E-state index in [2.05, 4.69) is 0 Å². The third-order valence-corrected chi connectivity index (χ3v) is 7.00. The molecule has 2 atom stereocenters. The van der Waals surface area contributed by atoms with E-state index in [0.29, 0.717) is 30.0 Å². The van der Waals surface area contributed by atoms with E-state index in [9.17, 15) is 23.9 Å². The number of Topliss-reactive ketones (excluding diaryl/α,β-unsaturated/α-hetero) is 1. The zero-order valence-electron chi connectivity index (χ0n) is 22.4. The van der Waals surface area contributed by atoms with Gasteiger partial charge in [-0.05, 0) is 93.1 Å². The Morgan fingerprint density at radius 3 is 2.18 bits per heavy atom. The van der Waals surface area contributed by atoms with Crippen LogP contribution < -0.4 is 9.47 Å². The molecule has 4 rings (SSSR count). The SMILES string of the molecule is Cc1cc(C[C@H]2CN(C(=O)Oc3ccccc3)CC2C(=O)c2ccc(F)cc2)cc(C)c1OC(C)(C)C(=O)O. The predicted molar refractivity (Wildman–Crippen MR) is 144 cm³/mol. The second-order valence-corrected chi connectivity index (χ2v) is 10.5. The number of ether oxygens (including phenoxy) is 2. The number of benzene rings is 3. The van der Waals surface area contributed by atoms with Crippen LogP contribution >= 0.6 is 0 Å². The van der Waals surface area contributed by atoms with E-state index in [4.69, 9.17) is 9.47 Å². The van der Waals surface area contributed by atoms with E-state index < -0.39 is 29.4 Å². The number of hydrogen-bond acceptors (Lipinski definition) is 5. The topological polar surface area (TPSA) is 93.1 Å². The van der Waals surface area contributed by atoms with Crippen molar-refractivity contribution in [3.63, 3.8) is 0 Å². The number of amides is 1. The van der Waals surface area contributed by atoms with Crippen molar-refractivity contribution in [2.75, 3.05) is 13.1 Å². The summed E-state index contributed by atoms with van der Waals surface area (Å²) in [4.78, 5) is 39.6. The predicted octanol–water partition coefficient (Wildman–Crippen LogP) is 5.86. The molecule has 0 bridgehead atoms. The molecule has 8 heteroatoms. The van der Waals surface area contributed by atoms with Gasteiger partial charge in [0.05, 0.1) is 0 Å². The first-order chi connectivity index (χ1) is 18.4. The number of hydrogen-bond donors (Lipinski definition) is 1. The van der Waals surface area contributed by atoms with E-state index in [-0.39, 0.29) is 18.2 Å². The summed E-state index contributed by atoms with van der Waals surface area (Å²) in [6.45, 7) is 7.18. The third-order valence-electron chi connectivity index (χ3n) is 7.00. The van der Waals surface area contributed by atoms with Gasteiger partial charge in [-0.25, -0.2) is 14.0 Å². The molecule has 1 fully saturated rings. The average Bonchev–Trinajstić information content (AvgIpc) is 3.30. The molecule has 7 nitrogen and oxygen atoms in total. The number of ketones is 1. The van der Waals surface area contributed by atoms with E-state index in [1.165, 1.54) is 43.0 Å². The van der Waals surface area contributed by atoms with Gasteiger partial charge in [0.2, 0.25) is 0 Å². The molecule has 1 amide bonds. The minimum Gasteiger partial charge on any atom is -0.478 e. The maximum absolute atomic E-state index is 13.5. The largest absolute Gasteiger partial charge is 0.478 e. The molecule has 39 heavy (non-hydrogen) atoms. The summed E-state index contributed by atoms with van der Waals surface area (Å²) in [5.41, 5.74) is 1.48. The first-order valence-electron chi connectivity index (χ1n) is 12.8. The smallest absolute Gasteiger partial charge is 0.415 e. The number of carbonyl (C=O) groups is 3. The summed E-state index contributed by atoms with van der Waals surface area (Å²) in [7, 11) is 0. The fourth-order valence-electron chi connectivity index (χ4n) is 4.93. The van der Waals surface area contributed by atoms with Gasteiger partial charge in [-0.2, -0.15) is 0 Å². The van der Waals surface area contributed by atoms with Crippen LogP contribution in [0.2, 0.25) is 0 Å². The molecule has 1 unspecified atom stereocenters. The van der Waals surface area contributed by atoms with Crippen LogP contribution in [0.15, 0.2) is 66.7 Å². The number of carboxylic acid groups (broad SMARTS) is 1. The van der Waals surface area contributed by atoms with Crippen molar-refractivity contribution in [3.05, 3.63) is 94.8 Å². The molecule has 1 aliphatic heterocycles. The van der Waals surface area contributed by atoms with Gasteiger partial charge >= 0.3 is 12.1 Å². The van der Waals surface area contributed by atoms with Crippen molar-refractivity contribution in [2.24, 2.45) is 11.8 Å². The lowest BCUT2D eigenvalue weighted by Gasteiger charge is -2.25. The summed E-state index contributed by atoms with van der Waals surface area (Å²) >= 11 is 0. The molecule has 0 saturated carbocycles. The van der Waals surface area contributed by atoms with Crippen molar-refractivity contribution in [1.29, 1.82) is 0 Å². The van der Waals surface area contributed by atoms with Crippen LogP contribution in [-0.2, 0) is 11.2 Å². The van der Waals surface area contributed by atoms with Crippen LogP contribution in [0.1, 0.15) is 40.9 Å². The normalized spacial score (nSPS) is 17.1. The highest BCUT2D eigenvalue weighted by molar-refractivity contribution is 5.98. The van der Waals surface area contributed by atoms with Crippen LogP contribution in [0.5, 0.6) is 11.5 Å². The second-order valence-electron chi connectivity index (χ2n) is 10.5. The number of carbonyl (C=O) groups excluding carboxylic acids is 2. The Morgan fingerprint density at radius 2 is 1.59 bits per heavy atom. The van der Waals surface area contributed by atoms with Gasteiger partial charge in [0, 0.05) is 24.6 Å². The van der Waals surface area contributed by atoms with Crippen LogP contribution in [0.25, 0.3) is 0 Å². The van der Waals surface area contributed by atoms with Gasteiger partial charge in [0.1, 0.15) is 17.3 Å². The average molecular weight is 534 g/mol. The zero-order chi connectivity index (χ0) is 28.3. The molecule has 0 aliphatic carbocycles. The van der Waals surface area contributed by atoms with Gasteiger partial charge in [-0.3, -0.25) is 4.79 Å². The number of carboxylic acids is 1. The first kappa shape index (κ1) is 27.8. The van der Waals surface area contributed by atoms with Gasteiger partial charge in [-0.1, -0.05) is 30.3 Å². The van der Waals surface area contributed by atoms with E-state index in [0.717, 1.165) is 16.7 Å². The highest BCUT2D eigenvalue weighted by Crippen LogP contribution is 2.34. The lowest BCUT2D eigenvalue weighted by molar-refractivity contribution is -0.152. The van der Waals surface area contributed by atoms with Crippen molar-refractivity contribution in [1.82, 2.24) is 4.90 Å². The maximum atomic E-state index is 13.5. The Balaban J connectivity index is 1.58. The second kappa shape index (κ2) is 11.3. The molecule has 204 valence electrons. The summed E-state index contributed by atoms with van der Waals surface area (Å²) in [6, 6.07) is 18.0. The van der Waals surface area contributed by atoms with Crippen molar-refractivity contribution in [3.8, 4) is 11.5 Å². The molecule has 1 saturated heterocycles. The van der Waals surface area contributed by atoms with Crippen molar-refractivity contribution >= 4 is 17.8 Å². The summed E-state index contributed by atoms with van der Waals surface area (Å²) in [5.74, 6) is -1.47. The number of aliphatic carboxylic acids is 1. The molecule has 0 radical (unpaired) electrons. The number of likely N-dealkylation sites (tertiary alicyclic amines) is 1. The lowest BCUT2D eigenvalue weighted by atomic mass is 9.84. The van der Waals surface area contributed by atoms with Crippen LogP contribution in [-0.4, -0.2) is 46.5 Å². The third kappa shape index (κ3) is 6.45. The minimum absolute atomic E-state index is 0.161. The highest BCUT2D eigenvalue weighted by atomic mass is 19.1.